The monoisotopic (exact) mass is 270 g/mol. The number of H-pyrrole nitrogens is 1. The van der Waals surface area contributed by atoms with Crippen molar-refractivity contribution < 1.29 is 9.13 Å². The van der Waals surface area contributed by atoms with Crippen LogP contribution in [-0.4, -0.2) is 9.97 Å². The standard InChI is InChI=1S/C10H8BrFN2O/c11-10-13-5-8(14-10)6-15-9-3-1-7(12)2-4-9/h1-5H,6H2,(H,13,14). The van der Waals surface area contributed by atoms with Gasteiger partial charge < -0.3 is 9.72 Å². The maximum absolute atomic E-state index is 12.6. The topological polar surface area (TPSA) is 37.9 Å². The van der Waals surface area contributed by atoms with Gasteiger partial charge in [0.1, 0.15) is 18.2 Å². The van der Waals surface area contributed by atoms with Crippen LogP contribution in [0.25, 0.3) is 0 Å². The highest BCUT2D eigenvalue weighted by molar-refractivity contribution is 9.10. The van der Waals surface area contributed by atoms with Crippen LogP contribution in [0.15, 0.2) is 35.2 Å². The Balaban J connectivity index is 1.96. The van der Waals surface area contributed by atoms with Gasteiger partial charge in [0.05, 0.1) is 11.9 Å². The summed E-state index contributed by atoms with van der Waals surface area (Å²) >= 11 is 3.20. The summed E-state index contributed by atoms with van der Waals surface area (Å²) in [5.74, 6) is 0.355. The number of ether oxygens (including phenoxy) is 1. The van der Waals surface area contributed by atoms with E-state index < -0.39 is 0 Å². The number of benzene rings is 1. The lowest BCUT2D eigenvalue weighted by Crippen LogP contribution is -1.95. The molecule has 0 fully saturated rings. The number of aromatic nitrogens is 2. The molecule has 0 aliphatic heterocycles. The first kappa shape index (κ1) is 10.2. The quantitative estimate of drug-likeness (QED) is 0.932. The molecule has 0 saturated heterocycles. The molecule has 2 aromatic rings. The van der Waals surface area contributed by atoms with Gasteiger partial charge in [-0.3, -0.25) is 0 Å². The second-order valence-corrected chi connectivity index (χ2v) is 3.69. The first-order valence-electron chi connectivity index (χ1n) is 4.32. The third-order valence-electron chi connectivity index (χ3n) is 1.81. The number of nitrogens with zero attached hydrogens (tertiary/aromatic N) is 1. The predicted molar refractivity (Wildman–Crippen MR) is 57.0 cm³/mol. The molecule has 15 heavy (non-hydrogen) atoms. The second-order valence-electron chi connectivity index (χ2n) is 2.94. The summed E-state index contributed by atoms with van der Waals surface area (Å²) in [6, 6.07) is 5.89. The molecule has 0 radical (unpaired) electrons. The van der Waals surface area contributed by atoms with Crippen LogP contribution < -0.4 is 4.74 Å². The van der Waals surface area contributed by atoms with Gasteiger partial charge in [-0.1, -0.05) is 0 Å². The van der Waals surface area contributed by atoms with E-state index in [1.54, 1.807) is 18.3 Å². The molecule has 1 heterocycles. The van der Waals surface area contributed by atoms with Crippen molar-refractivity contribution in [2.75, 3.05) is 0 Å². The normalized spacial score (nSPS) is 10.3. The highest BCUT2D eigenvalue weighted by Gasteiger charge is 1.99. The number of rotatable bonds is 3. The summed E-state index contributed by atoms with van der Waals surface area (Å²) in [7, 11) is 0. The second kappa shape index (κ2) is 4.44. The third-order valence-corrected chi connectivity index (χ3v) is 2.21. The zero-order valence-electron chi connectivity index (χ0n) is 7.71. The molecule has 3 nitrogen and oxygen atoms in total. The van der Waals surface area contributed by atoms with E-state index in [-0.39, 0.29) is 5.82 Å². The van der Waals surface area contributed by atoms with Gasteiger partial charge in [0, 0.05) is 0 Å². The van der Waals surface area contributed by atoms with Crippen molar-refractivity contribution in [3.8, 4) is 5.75 Å². The fourth-order valence-corrected chi connectivity index (χ4v) is 1.45. The fourth-order valence-electron chi connectivity index (χ4n) is 1.10. The molecule has 0 amide bonds. The van der Waals surface area contributed by atoms with Crippen LogP contribution >= 0.6 is 15.9 Å². The van der Waals surface area contributed by atoms with E-state index in [4.69, 9.17) is 4.74 Å². The van der Waals surface area contributed by atoms with Gasteiger partial charge in [0.2, 0.25) is 0 Å². The predicted octanol–water partition coefficient (Wildman–Crippen LogP) is 2.89. The molecule has 1 N–H and O–H groups in total. The van der Waals surface area contributed by atoms with Crippen molar-refractivity contribution in [3.05, 3.63) is 46.7 Å². The van der Waals surface area contributed by atoms with Gasteiger partial charge in [-0.2, -0.15) is 0 Å². The molecule has 0 aliphatic carbocycles. The summed E-state index contributed by atoms with van der Waals surface area (Å²) in [5.41, 5.74) is 0.853. The molecule has 78 valence electrons. The molecule has 1 aromatic carbocycles. The van der Waals surface area contributed by atoms with E-state index >= 15 is 0 Å². The number of halogens is 2. The molecular formula is C10H8BrFN2O. The van der Waals surface area contributed by atoms with Crippen LogP contribution in [0.5, 0.6) is 5.75 Å². The minimum atomic E-state index is -0.272. The van der Waals surface area contributed by atoms with E-state index in [1.165, 1.54) is 12.1 Å². The number of aromatic amines is 1. The largest absolute Gasteiger partial charge is 0.487 e. The average Bonchev–Trinajstić information content (AvgIpc) is 2.64. The summed E-state index contributed by atoms with van der Waals surface area (Å²) in [4.78, 5) is 6.93. The van der Waals surface area contributed by atoms with Crippen LogP contribution in [0, 0.1) is 5.82 Å². The molecule has 0 spiro atoms. The molecule has 0 saturated carbocycles. The van der Waals surface area contributed by atoms with E-state index in [0.717, 1.165) is 5.69 Å². The minimum Gasteiger partial charge on any atom is -0.487 e. The Labute approximate surface area is 94.4 Å². The van der Waals surface area contributed by atoms with Gasteiger partial charge in [0.15, 0.2) is 4.73 Å². The lowest BCUT2D eigenvalue weighted by molar-refractivity contribution is 0.301. The summed E-state index contributed by atoms with van der Waals surface area (Å²) in [5, 5.41) is 0. The van der Waals surface area contributed by atoms with Crippen LogP contribution in [0.4, 0.5) is 4.39 Å². The Bertz CT molecular complexity index is 441. The van der Waals surface area contributed by atoms with E-state index in [9.17, 15) is 4.39 Å². The lowest BCUT2D eigenvalue weighted by atomic mass is 10.3. The van der Waals surface area contributed by atoms with Crippen molar-refractivity contribution in [1.29, 1.82) is 0 Å². The van der Waals surface area contributed by atoms with Crippen molar-refractivity contribution in [3.63, 3.8) is 0 Å². The fraction of sp³-hybridized carbons (Fsp3) is 0.100. The van der Waals surface area contributed by atoms with Gasteiger partial charge in [-0.05, 0) is 40.2 Å². The van der Waals surface area contributed by atoms with Crippen molar-refractivity contribution in [2.24, 2.45) is 0 Å². The molecule has 0 bridgehead atoms. The zero-order valence-corrected chi connectivity index (χ0v) is 9.29. The van der Waals surface area contributed by atoms with Gasteiger partial charge in [0.25, 0.3) is 0 Å². The Morgan fingerprint density at radius 2 is 2.07 bits per heavy atom. The van der Waals surface area contributed by atoms with Crippen LogP contribution in [0.1, 0.15) is 5.69 Å². The zero-order chi connectivity index (χ0) is 10.7. The smallest absolute Gasteiger partial charge is 0.174 e. The molecule has 2 rings (SSSR count). The van der Waals surface area contributed by atoms with Gasteiger partial charge in [-0.15, -0.1) is 0 Å². The molecule has 0 unspecified atom stereocenters. The Hall–Kier alpha value is -1.36. The third kappa shape index (κ3) is 2.79. The molecule has 0 aliphatic rings. The number of nitrogens with one attached hydrogen (secondary N) is 1. The van der Waals surface area contributed by atoms with Crippen molar-refractivity contribution >= 4 is 15.9 Å². The van der Waals surface area contributed by atoms with Crippen molar-refractivity contribution in [1.82, 2.24) is 9.97 Å². The first-order valence-corrected chi connectivity index (χ1v) is 5.11. The number of imidazole rings is 1. The molecule has 5 heteroatoms. The van der Waals surface area contributed by atoms with E-state index in [1.807, 2.05) is 0 Å². The summed E-state index contributed by atoms with van der Waals surface area (Å²) in [6.07, 6.45) is 1.67. The highest BCUT2D eigenvalue weighted by atomic mass is 79.9. The Morgan fingerprint density at radius 1 is 1.33 bits per heavy atom. The molecular weight excluding hydrogens is 263 g/mol. The van der Waals surface area contributed by atoms with Gasteiger partial charge in [-0.25, -0.2) is 9.37 Å². The molecule has 0 atom stereocenters. The summed E-state index contributed by atoms with van der Waals surface area (Å²) < 4.78 is 18.6. The van der Waals surface area contributed by atoms with Crippen molar-refractivity contribution in [2.45, 2.75) is 6.61 Å². The Kier molecular flexibility index (Phi) is 3.01. The maximum Gasteiger partial charge on any atom is 0.174 e. The SMILES string of the molecule is Fc1ccc(OCc2cnc(Br)[nH]2)cc1. The van der Waals surface area contributed by atoms with Gasteiger partial charge >= 0.3 is 0 Å². The maximum atomic E-state index is 12.6. The first-order chi connectivity index (χ1) is 7.24. The highest BCUT2D eigenvalue weighted by Crippen LogP contribution is 2.13. The lowest BCUT2D eigenvalue weighted by Gasteiger charge is -2.03. The van der Waals surface area contributed by atoms with Crippen LogP contribution in [-0.2, 0) is 6.61 Å². The van der Waals surface area contributed by atoms with E-state index in [0.29, 0.717) is 17.1 Å². The minimum absolute atomic E-state index is 0.272. The molecule has 1 aromatic heterocycles. The summed E-state index contributed by atoms with van der Waals surface area (Å²) in [6.45, 7) is 0.379. The Morgan fingerprint density at radius 3 is 2.67 bits per heavy atom. The average molecular weight is 271 g/mol. The van der Waals surface area contributed by atoms with Crippen LogP contribution in [0.3, 0.4) is 0 Å². The number of hydrogen-bond donors (Lipinski definition) is 1. The number of hydrogen-bond acceptors (Lipinski definition) is 2. The van der Waals surface area contributed by atoms with Crippen LogP contribution in [0.2, 0.25) is 0 Å². The van der Waals surface area contributed by atoms with E-state index in [2.05, 4.69) is 25.9 Å².